The molecule has 6 heteroatoms. The highest BCUT2D eigenvalue weighted by atomic mass is 15.3. The van der Waals surface area contributed by atoms with E-state index in [1.807, 2.05) is 0 Å². The van der Waals surface area contributed by atoms with E-state index in [1.165, 1.54) is 25.7 Å². The summed E-state index contributed by atoms with van der Waals surface area (Å²) in [5.41, 5.74) is 0. The number of aromatic nitrogens is 3. The zero-order valence-electron chi connectivity index (χ0n) is 10.3. The Kier molecular flexibility index (Phi) is 4.35. The minimum absolute atomic E-state index is 0.590. The van der Waals surface area contributed by atoms with Crippen molar-refractivity contribution in [2.24, 2.45) is 4.99 Å². The van der Waals surface area contributed by atoms with Crippen LogP contribution in [0.15, 0.2) is 17.6 Å². The van der Waals surface area contributed by atoms with Gasteiger partial charge in [0.2, 0.25) is 0 Å². The molecule has 0 unspecified atom stereocenters. The van der Waals surface area contributed by atoms with Crippen LogP contribution in [0.1, 0.15) is 25.7 Å². The van der Waals surface area contributed by atoms with Gasteiger partial charge in [0, 0.05) is 19.6 Å². The Bertz CT molecular complexity index is 339. The molecule has 1 aliphatic rings. The Labute approximate surface area is 102 Å². The van der Waals surface area contributed by atoms with Gasteiger partial charge in [-0.15, -0.1) is 0 Å². The van der Waals surface area contributed by atoms with E-state index in [0.29, 0.717) is 6.04 Å². The summed E-state index contributed by atoms with van der Waals surface area (Å²) in [5.74, 6) is 0.886. The standard InChI is InChI=1S/C11H20N6/c1-12-11(16-10-4-2-3-5-10)14-6-7-17-9-13-8-15-17/h8-10H,2-7H2,1H3,(H2,12,14,16). The number of aliphatic imine (C=N–C) groups is 1. The Morgan fingerprint density at radius 3 is 2.94 bits per heavy atom. The summed E-state index contributed by atoms with van der Waals surface area (Å²) in [7, 11) is 1.81. The van der Waals surface area contributed by atoms with Gasteiger partial charge in [-0.25, -0.2) is 4.98 Å². The maximum atomic E-state index is 4.22. The predicted octanol–water partition coefficient (Wildman–Crippen LogP) is 0.386. The van der Waals surface area contributed by atoms with Crippen LogP contribution in [0.3, 0.4) is 0 Å². The van der Waals surface area contributed by atoms with Gasteiger partial charge < -0.3 is 10.6 Å². The van der Waals surface area contributed by atoms with E-state index in [9.17, 15) is 0 Å². The summed E-state index contributed by atoms with van der Waals surface area (Å²) in [6.45, 7) is 1.60. The van der Waals surface area contributed by atoms with Crippen LogP contribution in [0.2, 0.25) is 0 Å². The highest BCUT2D eigenvalue weighted by Gasteiger charge is 2.15. The molecule has 0 radical (unpaired) electrons. The molecule has 1 aromatic heterocycles. The lowest BCUT2D eigenvalue weighted by Crippen LogP contribution is -2.43. The van der Waals surface area contributed by atoms with E-state index in [0.717, 1.165) is 19.0 Å². The van der Waals surface area contributed by atoms with Gasteiger partial charge in [-0.1, -0.05) is 12.8 Å². The van der Waals surface area contributed by atoms with E-state index in [4.69, 9.17) is 0 Å². The molecule has 1 aliphatic carbocycles. The average molecular weight is 236 g/mol. The van der Waals surface area contributed by atoms with Gasteiger partial charge in [0.25, 0.3) is 0 Å². The number of hydrogen-bond acceptors (Lipinski definition) is 3. The van der Waals surface area contributed by atoms with Crippen molar-refractivity contribution in [3.8, 4) is 0 Å². The molecule has 0 atom stereocenters. The smallest absolute Gasteiger partial charge is 0.191 e. The van der Waals surface area contributed by atoms with Crippen LogP contribution in [0.4, 0.5) is 0 Å². The summed E-state index contributed by atoms with van der Waals surface area (Å²) in [4.78, 5) is 8.12. The number of guanidine groups is 1. The zero-order chi connectivity index (χ0) is 11.9. The second kappa shape index (κ2) is 6.22. The number of hydrogen-bond donors (Lipinski definition) is 2. The largest absolute Gasteiger partial charge is 0.355 e. The van der Waals surface area contributed by atoms with Gasteiger partial charge in [0.15, 0.2) is 5.96 Å². The van der Waals surface area contributed by atoms with Crippen molar-refractivity contribution in [2.45, 2.75) is 38.3 Å². The van der Waals surface area contributed by atoms with Crippen LogP contribution in [0, 0.1) is 0 Å². The van der Waals surface area contributed by atoms with E-state index in [1.54, 1.807) is 24.4 Å². The summed E-state index contributed by atoms with van der Waals surface area (Å²) in [5, 5.41) is 10.8. The maximum Gasteiger partial charge on any atom is 0.191 e. The first-order chi connectivity index (χ1) is 8.38. The number of nitrogens with zero attached hydrogens (tertiary/aromatic N) is 4. The van der Waals surface area contributed by atoms with Crippen LogP contribution in [-0.4, -0.2) is 40.4 Å². The monoisotopic (exact) mass is 236 g/mol. The SMILES string of the molecule is CN=C(NCCn1cncn1)NC1CCCC1. The van der Waals surface area contributed by atoms with E-state index in [-0.39, 0.29) is 0 Å². The van der Waals surface area contributed by atoms with Crippen molar-refractivity contribution < 1.29 is 0 Å². The minimum Gasteiger partial charge on any atom is -0.355 e. The second-order valence-corrected chi connectivity index (χ2v) is 4.28. The molecule has 0 saturated heterocycles. The molecule has 2 N–H and O–H groups in total. The quantitative estimate of drug-likeness (QED) is 0.586. The fourth-order valence-corrected chi connectivity index (χ4v) is 2.10. The molecule has 0 bridgehead atoms. The lowest BCUT2D eigenvalue weighted by Gasteiger charge is -2.16. The predicted molar refractivity (Wildman–Crippen MR) is 66.8 cm³/mol. The van der Waals surface area contributed by atoms with E-state index < -0.39 is 0 Å². The highest BCUT2D eigenvalue weighted by molar-refractivity contribution is 5.79. The van der Waals surface area contributed by atoms with Crippen molar-refractivity contribution in [1.29, 1.82) is 0 Å². The molecule has 0 aromatic carbocycles. The highest BCUT2D eigenvalue weighted by Crippen LogP contribution is 2.17. The molecule has 0 aliphatic heterocycles. The Balaban J connectivity index is 1.68. The van der Waals surface area contributed by atoms with Gasteiger partial charge >= 0.3 is 0 Å². The average Bonchev–Trinajstić information content (AvgIpc) is 3.00. The van der Waals surface area contributed by atoms with Crippen molar-refractivity contribution in [3.63, 3.8) is 0 Å². The first kappa shape index (κ1) is 11.9. The van der Waals surface area contributed by atoms with Gasteiger partial charge in [-0.2, -0.15) is 5.10 Å². The Hall–Kier alpha value is -1.59. The first-order valence-electron chi connectivity index (χ1n) is 6.18. The molecular weight excluding hydrogens is 216 g/mol. The molecule has 1 heterocycles. The molecule has 94 valence electrons. The van der Waals surface area contributed by atoms with Gasteiger partial charge in [0.1, 0.15) is 12.7 Å². The molecule has 17 heavy (non-hydrogen) atoms. The normalized spacial score (nSPS) is 17.4. The molecule has 2 rings (SSSR count). The molecular formula is C11H20N6. The van der Waals surface area contributed by atoms with Crippen LogP contribution in [-0.2, 0) is 6.54 Å². The van der Waals surface area contributed by atoms with E-state index >= 15 is 0 Å². The second-order valence-electron chi connectivity index (χ2n) is 4.28. The molecule has 0 spiro atoms. The third kappa shape index (κ3) is 3.72. The van der Waals surface area contributed by atoms with Crippen molar-refractivity contribution in [2.75, 3.05) is 13.6 Å². The lowest BCUT2D eigenvalue weighted by atomic mass is 10.2. The summed E-state index contributed by atoms with van der Waals surface area (Å²) < 4.78 is 1.80. The molecule has 1 saturated carbocycles. The van der Waals surface area contributed by atoms with Crippen LogP contribution in [0.5, 0.6) is 0 Å². The fraction of sp³-hybridized carbons (Fsp3) is 0.727. The van der Waals surface area contributed by atoms with Crippen LogP contribution < -0.4 is 10.6 Å². The Morgan fingerprint density at radius 1 is 1.47 bits per heavy atom. The zero-order valence-corrected chi connectivity index (χ0v) is 10.3. The van der Waals surface area contributed by atoms with Crippen molar-refractivity contribution in [3.05, 3.63) is 12.7 Å². The Morgan fingerprint density at radius 2 is 2.29 bits per heavy atom. The number of nitrogens with one attached hydrogen (secondary N) is 2. The number of rotatable bonds is 4. The molecule has 6 nitrogen and oxygen atoms in total. The van der Waals surface area contributed by atoms with E-state index in [2.05, 4.69) is 25.7 Å². The van der Waals surface area contributed by atoms with Gasteiger partial charge in [0.05, 0.1) is 6.54 Å². The van der Waals surface area contributed by atoms with Crippen molar-refractivity contribution >= 4 is 5.96 Å². The topological polar surface area (TPSA) is 67.1 Å². The minimum atomic E-state index is 0.590. The lowest BCUT2D eigenvalue weighted by molar-refractivity contribution is 0.578. The van der Waals surface area contributed by atoms with Gasteiger partial charge in [-0.3, -0.25) is 9.67 Å². The molecule has 1 fully saturated rings. The van der Waals surface area contributed by atoms with Crippen LogP contribution >= 0.6 is 0 Å². The fourth-order valence-electron chi connectivity index (χ4n) is 2.10. The third-order valence-corrected chi connectivity index (χ3v) is 3.02. The van der Waals surface area contributed by atoms with Gasteiger partial charge in [-0.05, 0) is 12.8 Å². The van der Waals surface area contributed by atoms with Crippen LogP contribution in [0.25, 0.3) is 0 Å². The summed E-state index contributed by atoms with van der Waals surface area (Å²) >= 11 is 0. The van der Waals surface area contributed by atoms with Crippen molar-refractivity contribution in [1.82, 2.24) is 25.4 Å². The molecule has 1 aromatic rings. The maximum absolute atomic E-state index is 4.22. The molecule has 0 amide bonds. The summed E-state index contributed by atoms with van der Waals surface area (Å²) in [6.07, 6.45) is 8.43. The summed E-state index contributed by atoms with van der Waals surface area (Å²) in [6, 6.07) is 0.590. The third-order valence-electron chi connectivity index (χ3n) is 3.02. The first-order valence-corrected chi connectivity index (χ1v) is 6.18.